The molecular formula is C8H13ClO3S. The van der Waals surface area contributed by atoms with Crippen molar-refractivity contribution in [3.8, 4) is 0 Å². The molecule has 0 saturated carbocycles. The molecule has 0 aliphatic carbocycles. The van der Waals surface area contributed by atoms with Crippen LogP contribution in [0.1, 0.15) is 27.7 Å². The molecular weight excluding hydrogens is 212 g/mol. The summed E-state index contributed by atoms with van der Waals surface area (Å²) in [7, 11) is 0. The Morgan fingerprint density at radius 2 is 2.00 bits per heavy atom. The number of aliphatic hydroxyl groups is 1. The van der Waals surface area contributed by atoms with Crippen molar-refractivity contribution in [3.63, 3.8) is 0 Å². The SMILES string of the molecule is CC(C)(O)C1=C(Cl)C(C)(C)OS1=O. The van der Waals surface area contributed by atoms with Gasteiger partial charge >= 0.3 is 0 Å². The quantitative estimate of drug-likeness (QED) is 0.737. The molecule has 0 saturated heterocycles. The second-order valence-electron chi connectivity index (χ2n) is 4.03. The molecule has 5 heteroatoms. The fourth-order valence-electron chi connectivity index (χ4n) is 1.09. The average Bonchev–Trinajstić information content (AvgIpc) is 1.99. The molecule has 1 unspecified atom stereocenters. The molecule has 1 rings (SSSR count). The lowest BCUT2D eigenvalue weighted by molar-refractivity contribution is 0.128. The van der Waals surface area contributed by atoms with Gasteiger partial charge in [0.15, 0.2) is 11.1 Å². The Morgan fingerprint density at radius 1 is 1.54 bits per heavy atom. The van der Waals surface area contributed by atoms with E-state index in [-0.39, 0.29) is 4.91 Å². The molecule has 1 aliphatic heterocycles. The summed E-state index contributed by atoms with van der Waals surface area (Å²) in [5.41, 5.74) is -1.96. The van der Waals surface area contributed by atoms with Crippen molar-refractivity contribution in [2.75, 3.05) is 0 Å². The maximum absolute atomic E-state index is 11.4. The first kappa shape index (κ1) is 11.2. The van der Waals surface area contributed by atoms with Gasteiger partial charge < -0.3 is 5.11 Å². The summed E-state index contributed by atoms with van der Waals surface area (Å²) in [5, 5.41) is 10.0. The molecule has 0 aromatic rings. The van der Waals surface area contributed by atoms with Gasteiger partial charge in [-0.2, -0.15) is 0 Å². The van der Waals surface area contributed by atoms with Gasteiger partial charge in [-0.05, 0) is 27.7 Å². The summed E-state index contributed by atoms with van der Waals surface area (Å²) >= 11 is 4.32. The molecule has 0 bridgehead atoms. The van der Waals surface area contributed by atoms with E-state index in [2.05, 4.69) is 0 Å². The summed E-state index contributed by atoms with van der Waals surface area (Å²) < 4.78 is 16.5. The van der Waals surface area contributed by atoms with Crippen LogP contribution in [0.15, 0.2) is 9.94 Å². The molecule has 0 aromatic heterocycles. The summed E-state index contributed by atoms with van der Waals surface area (Å²) in [6, 6.07) is 0. The normalized spacial score (nSPS) is 28.3. The van der Waals surface area contributed by atoms with Gasteiger partial charge in [0.25, 0.3) is 0 Å². The molecule has 1 N–H and O–H groups in total. The molecule has 0 fully saturated rings. The molecule has 1 heterocycles. The number of hydrogen-bond acceptors (Lipinski definition) is 3. The maximum atomic E-state index is 11.4. The van der Waals surface area contributed by atoms with E-state index >= 15 is 0 Å². The van der Waals surface area contributed by atoms with Gasteiger partial charge in [0.2, 0.25) is 0 Å². The molecule has 0 spiro atoms. The van der Waals surface area contributed by atoms with Crippen LogP contribution in [-0.4, -0.2) is 20.5 Å². The van der Waals surface area contributed by atoms with Crippen LogP contribution >= 0.6 is 11.6 Å². The van der Waals surface area contributed by atoms with Crippen LogP contribution in [0.25, 0.3) is 0 Å². The smallest absolute Gasteiger partial charge is 0.190 e. The lowest BCUT2D eigenvalue weighted by atomic mass is 10.0. The van der Waals surface area contributed by atoms with E-state index < -0.39 is 22.3 Å². The highest BCUT2D eigenvalue weighted by Gasteiger charge is 2.44. The van der Waals surface area contributed by atoms with Crippen molar-refractivity contribution in [1.82, 2.24) is 0 Å². The molecule has 1 aliphatic rings. The lowest BCUT2D eigenvalue weighted by Gasteiger charge is -2.17. The van der Waals surface area contributed by atoms with Crippen molar-refractivity contribution in [1.29, 1.82) is 0 Å². The minimum atomic E-state index is -1.63. The molecule has 0 aromatic carbocycles. The Bertz CT molecular complexity index is 288. The van der Waals surface area contributed by atoms with Crippen molar-refractivity contribution >= 4 is 22.7 Å². The average molecular weight is 225 g/mol. The van der Waals surface area contributed by atoms with E-state index in [1.165, 1.54) is 13.8 Å². The molecule has 76 valence electrons. The Morgan fingerprint density at radius 3 is 2.15 bits per heavy atom. The highest BCUT2D eigenvalue weighted by atomic mass is 35.5. The standard InChI is InChI=1S/C8H13ClO3S/c1-7(2,10)6-5(9)8(3,4)12-13(6)11/h10H,1-4H3. The zero-order valence-corrected chi connectivity index (χ0v) is 9.62. The van der Waals surface area contributed by atoms with Crippen molar-refractivity contribution in [2.45, 2.75) is 38.9 Å². The highest BCUT2D eigenvalue weighted by molar-refractivity contribution is 7.84. The Balaban J connectivity index is 3.22. The lowest BCUT2D eigenvalue weighted by Crippen LogP contribution is -2.24. The van der Waals surface area contributed by atoms with Gasteiger partial charge in [0.1, 0.15) is 5.60 Å². The van der Waals surface area contributed by atoms with Gasteiger partial charge in [0, 0.05) is 0 Å². The summed E-state index contributed by atoms with van der Waals surface area (Å²) in [6.45, 7) is 6.50. The van der Waals surface area contributed by atoms with Crippen LogP contribution in [0.4, 0.5) is 0 Å². The van der Waals surface area contributed by atoms with E-state index in [1.807, 2.05) is 0 Å². The van der Waals surface area contributed by atoms with Crippen molar-refractivity contribution in [3.05, 3.63) is 9.94 Å². The first-order valence-corrected chi connectivity index (χ1v) is 5.36. The maximum Gasteiger partial charge on any atom is 0.190 e. The third-order valence-electron chi connectivity index (χ3n) is 1.73. The summed E-state index contributed by atoms with van der Waals surface area (Å²) in [5.74, 6) is 0. The van der Waals surface area contributed by atoms with Gasteiger partial charge in [-0.25, -0.2) is 4.21 Å². The van der Waals surface area contributed by atoms with Gasteiger partial charge in [0.05, 0.1) is 15.5 Å². The van der Waals surface area contributed by atoms with Crippen LogP contribution in [-0.2, 0) is 15.3 Å². The van der Waals surface area contributed by atoms with E-state index in [4.69, 9.17) is 15.8 Å². The minimum absolute atomic E-state index is 0.263. The van der Waals surface area contributed by atoms with Crippen molar-refractivity contribution < 1.29 is 13.5 Å². The third-order valence-corrected chi connectivity index (χ3v) is 4.10. The van der Waals surface area contributed by atoms with E-state index in [9.17, 15) is 9.32 Å². The molecule has 0 radical (unpaired) electrons. The van der Waals surface area contributed by atoms with Gasteiger partial charge in [-0.15, -0.1) is 0 Å². The van der Waals surface area contributed by atoms with Crippen LogP contribution in [0.2, 0.25) is 0 Å². The monoisotopic (exact) mass is 224 g/mol. The molecule has 0 amide bonds. The van der Waals surface area contributed by atoms with Crippen LogP contribution in [0.5, 0.6) is 0 Å². The Labute approximate surface area is 85.4 Å². The third kappa shape index (κ3) is 1.96. The van der Waals surface area contributed by atoms with Gasteiger partial charge in [-0.3, -0.25) is 4.18 Å². The first-order chi connectivity index (χ1) is 5.66. The number of halogens is 1. The zero-order valence-electron chi connectivity index (χ0n) is 8.05. The van der Waals surface area contributed by atoms with E-state index in [1.54, 1.807) is 13.8 Å². The summed E-state index contributed by atoms with van der Waals surface area (Å²) in [4.78, 5) is 0.263. The van der Waals surface area contributed by atoms with Crippen LogP contribution in [0, 0.1) is 0 Å². The largest absolute Gasteiger partial charge is 0.385 e. The number of rotatable bonds is 1. The molecule has 13 heavy (non-hydrogen) atoms. The number of hydrogen-bond donors (Lipinski definition) is 1. The predicted octanol–water partition coefficient (Wildman–Crippen LogP) is 1.68. The van der Waals surface area contributed by atoms with Crippen LogP contribution < -0.4 is 0 Å². The first-order valence-electron chi connectivity index (χ1n) is 3.90. The van der Waals surface area contributed by atoms with E-state index in [0.29, 0.717) is 5.03 Å². The zero-order chi connectivity index (χ0) is 10.4. The Kier molecular flexibility index (Phi) is 2.62. The molecule has 1 atom stereocenters. The predicted molar refractivity (Wildman–Crippen MR) is 52.5 cm³/mol. The fourth-order valence-corrected chi connectivity index (χ4v) is 2.94. The molecule has 3 nitrogen and oxygen atoms in total. The van der Waals surface area contributed by atoms with Crippen LogP contribution in [0.3, 0.4) is 0 Å². The second-order valence-corrected chi connectivity index (χ2v) is 5.45. The topological polar surface area (TPSA) is 46.5 Å². The fraction of sp³-hybridized carbons (Fsp3) is 0.750. The minimum Gasteiger partial charge on any atom is -0.385 e. The van der Waals surface area contributed by atoms with Crippen molar-refractivity contribution in [2.24, 2.45) is 0 Å². The highest BCUT2D eigenvalue weighted by Crippen LogP contribution is 2.41. The van der Waals surface area contributed by atoms with Gasteiger partial charge in [-0.1, -0.05) is 11.6 Å². The second kappa shape index (κ2) is 3.05. The Hall–Kier alpha value is 0.1000. The van der Waals surface area contributed by atoms with E-state index in [0.717, 1.165) is 0 Å². The summed E-state index contributed by atoms with van der Waals surface area (Å²) in [6.07, 6.45) is 0.